The Morgan fingerprint density at radius 1 is 1.20 bits per heavy atom. The van der Waals surface area contributed by atoms with Gasteiger partial charge in [0.15, 0.2) is 0 Å². The zero-order valence-electron chi connectivity index (χ0n) is 12.4. The second-order valence-electron chi connectivity index (χ2n) is 5.35. The van der Waals surface area contributed by atoms with Gasteiger partial charge in [-0.05, 0) is 36.6 Å². The van der Waals surface area contributed by atoms with E-state index in [2.05, 4.69) is 26.1 Å². The average molecular weight is 273 g/mol. The third kappa shape index (κ3) is 4.05. The maximum absolute atomic E-state index is 5.75. The average Bonchev–Trinajstić information content (AvgIpc) is 2.97. The highest BCUT2D eigenvalue weighted by atomic mass is 16.5. The molecule has 0 radical (unpaired) electrons. The molecule has 2 aromatic rings. The van der Waals surface area contributed by atoms with Gasteiger partial charge < -0.3 is 14.5 Å². The first kappa shape index (κ1) is 14.5. The molecule has 1 unspecified atom stereocenters. The molecule has 0 aliphatic rings. The van der Waals surface area contributed by atoms with Crippen LogP contribution in [0.4, 0.5) is 5.69 Å². The van der Waals surface area contributed by atoms with Gasteiger partial charge in [-0.2, -0.15) is 0 Å². The minimum atomic E-state index is 0.186. The standard InChI is InChI=1S/C17H23NO2/c1-4-16(17-9-6-10-19-17)18-14-7-5-8-15(11-14)20-12-13(2)3/h5-11,13,16,18H,4,12H2,1-3H3. The van der Waals surface area contributed by atoms with Crippen LogP contribution in [0, 0.1) is 5.92 Å². The zero-order valence-corrected chi connectivity index (χ0v) is 12.4. The van der Waals surface area contributed by atoms with Crippen LogP contribution in [0.1, 0.15) is 39.0 Å². The molecule has 0 bridgehead atoms. The molecular formula is C17H23NO2. The number of furan rings is 1. The molecule has 1 heterocycles. The first-order chi connectivity index (χ1) is 9.69. The second-order valence-corrected chi connectivity index (χ2v) is 5.35. The van der Waals surface area contributed by atoms with Crippen molar-refractivity contribution >= 4 is 5.69 Å². The summed E-state index contributed by atoms with van der Waals surface area (Å²) in [5.74, 6) is 2.39. The van der Waals surface area contributed by atoms with Crippen LogP contribution in [0.5, 0.6) is 5.75 Å². The lowest BCUT2D eigenvalue weighted by molar-refractivity contribution is 0.271. The fourth-order valence-corrected chi connectivity index (χ4v) is 2.00. The summed E-state index contributed by atoms with van der Waals surface area (Å²) < 4.78 is 11.2. The van der Waals surface area contributed by atoms with Crippen molar-refractivity contribution in [2.75, 3.05) is 11.9 Å². The fourth-order valence-electron chi connectivity index (χ4n) is 2.00. The van der Waals surface area contributed by atoms with Crippen LogP contribution in [-0.4, -0.2) is 6.61 Å². The van der Waals surface area contributed by atoms with Crippen LogP contribution < -0.4 is 10.1 Å². The molecule has 1 atom stereocenters. The molecule has 0 saturated carbocycles. The van der Waals surface area contributed by atoms with E-state index in [0.29, 0.717) is 5.92 Å². The highest BCUT2D eigenvalue weighted by molar-refractivity contribution is 5.49. The van der Waals surface area contributed by atoms with E-state index in [1.807, 2.05) is 36.4 Å². The molecule has 0 aliphatic heterocycles. The van der Waals surface area contributed by atoms with E-state index < -0.39 is 0 Å². The third-order valence-corrected chi connectivity index (χ3v) is 3.05. The van der Waals surface area contributed by atoms with Crippen molar-refractivity contribution < 1.29 is 9.15 Å². The number of benzene rings is 1. The van der Waals surface area contributed by atoms with Gasteiger partial charge in [0.25, 0.3) is 0 Å². The monoisotopic (exact) mass is 273 g/mol. The van der Waals surface area contributed by atoms with Gasteiger partial charge in [-0.25, -0.2) is 0 Å². The topological polar surface area (TPSA) is 34.4 Å². The van der Waals surface area contributed by atoms with Crippen molar-refractivity contribution in [2.24, 2.45) is 5.92 Å². The van der Waals surface area contributed by atoms with E-state index in [4.69, 9.17) is 9.15 Å². The molecule has 108 valence electrons. The molecule has 20 heavy (non-hydrogen) atoms. The summed E-state index contributed by atoms with van der Waals surface area (Å²) in [6.45, 7) is 7.16. The predicted octanol–water partition coefficient (Wildman–Crippen LogP) is 4.88. The first-order valence-electron chi connectivity index (χ1n) is 7.21. The van der Waals surface area contributed by atoms with Gasteiger partial charge in [0.1, 0.15) is 11.5 Å². The molecule has 1 aromatic carbocycles. The number of hydrogen-bond acceptors (Lipinski definition) is 3. The molecule has 0 fully saturated rings. The summed E-state index contributed by atoms with van der Waals surface area (Å²) in [6, 6.07) is 12.2. The van der Waals surface area contributed by atoms with Gasteiger partial charge in [-0.1, -0.05) is 26.8 Å². The molecule has 3 heteroatoms. The maximum Gasteiger partial charge on any atom is 0.125 e. The van der Waals surface area contributed by atoms with Gasteiger partial charge in [-0.3, -0.25) is 0 Å². The third-order valence-electron chi connectivity index (χ3n) is 3.05. The SMILES string of the molecule is CCC(Nc1cccc(OCC(C)C)c1)c1ccco1. The predicted molar refractivity (Wildman–Crippen MR) is 82.1 cm³/mol. The Morgan fingerprint density at radius 2 is 2.05 bits per heavy atom. The van der Waals surface area contributed by atoms with Gasteiger partial charge in [-0.15, -0.1) is 0 Å². The Morgan fingerprint density at radius 3 is 2.70 bits per heavy atom. The van der Waals surface area contributed by atoms with E-state index in [1.54, 1.807) is 6.26 Å². The molecular weight excluding hydrogens is 250 g/mol. The molecule has 0 aliphatic carbocycles. The first-order valence-corrected chi connectivity index (χ1v) is 7.21. The van der Waals surface area contributed by atoms with E-state index in [-0.39, 0.29) is 6.04 Å². The number of rotatable bonds is 7. The van der Waals surface area contributed by atoms with Crippen LogP contribution >= 0.6 is 0 Å². The molecule has 0 saturated heterocycles. The fraction of sp³-hybridized carbons (Fsp3) is 0.412. The Labute approximate surface area is 121 Å². The molecule has 2 rings (SSSR count). The summed E-state index contributed by atoms with van der Waals surface area (Å²) in [7, 11) is 0. The highest BCUT2D eigenvalue weighted by Crippen LogP contribution is 2.25. The number of nitrogens with one attached hydrogen (secondary N) is 1. The lowest BCUT2D eigenvalue weighted by Gasteiger charge is -2.17. The molecule has 1 N–H and O–H groups in total. The van der Waals surface area contributed by atoms with Crippen molar-refractivity contribution in [3.05, 3.63) is 48.4 Å². The summed E-state index contributed by atoms with van der Waals surface area (Å²) in [5, 5.41) is 3.49. The zero-order chi connectivity index (χ0) is 14.4. The Hall–Kier alpha value is -1.90. The van der Waals surface area contributed by atoms with Crippen molar-refractivity contribution in [1.29, 1.82) is 0 Å². The van der Waals surface area contributed by atoms with E-state index >= 15 is 0 Å². The lowest BCUT2D eigenvalue weighted by atomic mass is 10.1. The van der Waals surface area contributed by atoms with Gasteiger partial charge in [0, 0.05) is 11.8 Å². The van der Waals surface area contributed by atoms with E-state index in [9.17, 15) is 0 Å². The van der Waals surface area contributed by atoms with Crippen LogP contribution in [0.2, 0.25) is 0 Å². The van der Waals surface area contributed by atoms with E-state index in [1.165, 1.54) is 0 Å². The summed E-state index contributed by atoms with van der Waals surface area (Å²) in [4.78, 5) is 0. The maximum atomic E-state index is 5.75. The molecule has 0 amide bonds. The Balaban J connectivity index is 2.03. The number of hydrogen-bond donors (Lipinski definition) is 1. The summed E-state index contributed by atoms with van der Waals surface area (Å²) in [5.41, 5.74) is 1.05. The van der Waals surface area contributed by atoms with Crippen LogP contribution in [0.15, 0.2) is 47.1 Å². The van der Waals surface area contributed by atoms with Crippen molar-refractivity contribution in [3.63, 3.8) is 0 Å². The van der Waals surface area contributed by atoms with Crippen LogP contribution in [0.25, 0.3) is 0 Å². The summed E-state index contributed by atoms with van der Waals surface area (Å²) in [6.07, 6.45) is 2.67. The van der Waals surface area contributed by atoms with Gasteiger partial charge in [0.05, 0.1) is 18.9 Å². The second kappa shape index (κ2) is 7.04. The number of ether oxygens (including phenoxy) is 1. The van der Waals surface area contributed by atoms with Gasteiger partial charge >= 0.3 is 0 Å². The Kier molecular flexibility index (Phi) is 5.10. The van der Waals surface area contributed by atoms with Crippen LogP contribution in [0.3, 0.4) is 0 Å². The minimum absolute atomic E-state index is 0.186. The van der Waals surface area contributed by atoms with Crippen molar-refractivity contribution in [3.8, 4) is 5.75 Å². The van der Waals surface area contributed by atoms with Crippen molar-refractivity contribution in [1.82, 2.24) is 0 Å². The normalized spacial score (nSPS) is 12.4. The van der Waals surface area contributed by atoms with Crippen molar-refractivity contribution in [2.45, 2.75) is 33.2 Å². The highest BCUT2D eigenvalue weighted by Gasteiger charge is 2.12. The minimum Gasteiger partial charge on any atom is -0.493 e. The smallest absolute Gasteiger partial charge is 0.125 e. The van der Waals surface area contributed by atoms with Gasteiger partial charge in [0.2, 0.25) is 0 Å². The lowest BCUT2D eigenvalue weighted by Crippen LogP contribution is -2.09. The quantitative estimate of drug-likeness (QED) is 0.781. The molecule has 1 aromatic heterocycles. The largest absolute Gasteiger partial charge is 0.493 e. The molecule has 3 nitrogen and oxygen atoms in total. The Bertz CT molecular complexity index is 505. The number of anilines is 1. The summed E-state index contributed by atoms with van der Waals surface area (Å²) >= 11 is 0. The van der Waals surface area contributed by atoms with Crippen LogP contribution in [-0.2, 0) is 0 Å². The molecule has 0 spiro atoms. The van der Waals surface area contributed by atoms with E-state index in [0.717, 1.165) is 30.2 Å².